The number of hydrogen-bond donors (Lipinski definition) is 1. The van der Waals surface area contributed by atoms with E-state index >= 15 is 0 Å². The van der Waals surface area contributed by atoms with Gasteiger partial charge in [-0.3, -0.25) is 0 Å². The van der Waals surface area contributed by atoms with Crippen LogP contribution in [0.3, 0.4) is 0 Å². The molecule has 0 bridgehead atoms. The van der Waals surface area contributed by atoms with Gasteiger partial charge in [-0.1, -0.05) is 29.8 Å². The lowest BCUT2D eigenvalue weighted by atomic mass is 10.1. The van der Waals surface area contributed by atoms with Gasteiger partial charge in [-0.2, -0.15) is 0 Å². The molecule has 0 saturated carbocycles. The summed E-state index contributed by atoms with van der Waals surface area (Å²) in [7, 11) is 0. The first kappa shape index (κ1) is 14.3. The number of hydrogen-bond acceptors (Lipinski definition) is 3. The van der Waals surface area contributed by atoms with E-state index in [1.165, 1.54) is 18.2 Å². The second kappa shape index (κ2) is 5.92. The van der Waals surface area contributed by atoms with E-state index in [4.69, 9.17) is 22.1 Å². The van der Waals surface area contributed by atoms with Crippen LogP contribution in [-0.2, 0) is 11.3 Å². The summed E-state index contributed by atoms with van der Waals surface area (Å²) in [6.07, 6.45) is 0. The Bertz CT molecular complexity index is 638. The molecule has 0 aliphatic carbocycles. The first-order valence-electron chi connectivity index (χ1n) is 5.96. The number of ether oxygens (including phenoxy) is 1. The second-order valence-electron chi connectivity index (χ2n) is 4.31. The van der Waals surface area contributed by atoms with Crippen molar-refractivity contribution in [1.82, 2.24) is 0 Å². The molecule has 0 amide bonds. The topological polar surface area (TPSA) is 52.3 Å². The maximum Gasteiger partial charge on any atom is 0.340 e. The van der Waals surface area contributed by atoms with Gasteiger partial charge in [0.05, 0.1) is 10.6 Å². The number of halogens is 2. The first-order chi connectivity index (χ1) is 9.50. The number of esters is 1. The lowest BCUT2D eigenvalue weighted by Gasteiger charge is -2.10. The first-order valence-corrected chi connectivity index (χ1v) is 6.33. The molecule has 0 fully saturated rings. The molecule has 104 valence electrons. The molecule has 0 heterocycles. The largest absolute Gasteiger partial charge is 0.457 e. The van der Waals surface area contributed by atoms with E-state index in [1.807, 2.05) is 0 Å². The van der Waals surface area contributed by atoms with Crippen molar-refractivity contribution >= 4 is 23.3 Å². The quantitative estimate of drug-likeness (QED) is 0.693. The molecule has 5 heteroatoms. The molecular weight excluding hydrogens is 281 g/mol. The predicted molar refractivity (Wildman–Crippen MR) is 76.1 cm³/mol. The molecule has 3 nitrogen and oxygen atoms in total. The van der Waals surface area contributed by atoms with Crippen LogP contribution in [0, 0.1) is 12.7 Å². The van der Waals surface area contributed by atoms with Crippen LogP contribution in [-0.4, -0.2) is 5.97 Å². The summed E-state index contributed by atoms with van der Waals surface area (Å²) in [4.78, 5) is 11.9. The minimum absolute atomic E-state index is 0.147. The molecule has 0 unspecified atom stereocenters. The molecule has 0 aliphatic heterocycles. The van der Waals surface area contributed by atoms with Gasteiger partial charge in [0.2, 0.25) is 0 Å². The minimum atomic E-state index is -0.606. The molecule has 0 saturated heterocycles. The highest BCUT2D eigenvalue weighted by Crippen LogP contribution is 2.22. The fraction of sp³-hybridized carbons (Fsp3) is 0.133. The number of nitrogen functional groups attached to an aromatic ring is 1. The van der Waals surface area contributed by atoms with Crippen molar-refractivity contribution in [1.29, 1.82) is 0 Å². The summed E-state index contributed by atoms with van der Waals surface area (Å²) in [5, 5.41) is 0.218. The van der Waals surface area contributed by atoms with Gasteiger partial charge in [0.15, 0.2) is 0 Å². The van der Waals surface area contributed by atoms with Gasteiger partial charge in [0.1, 0.15) is 12.4 Å². The maximum atomic E-state index is 13.5. The van der Waals surface area contributed by atoms with E-state index in [0.29, 0.717) is 5.69 Å². The van der Waals surface area contributed by atoms with Crippen LogP contribution >= 0.6 is 11.6 Å². The van der Waals surface area contributed by atoms with Crippen LogP contribution in [0.1, 0.15) is 21.5 Å². The highest BCUT2D eigenvalue weighted by atomic mass is 35.5. The number of nitrogens with two attached hydrogens (primary N) is 1. The zero-order valence-electron chi connectivity index (χ0n) is 10.8. The van der Waals surface area contributed by atoms with Crippen LogP contribution in [0.4, 0.5) is 10.1 Å². The Morgan fingerprint density at radius 1 is 1.30 bits per heavy atom. The van der Waals surface area contributed by atoms with Gasteiger partial charge in [0.25, 0.3) is 0 Å². The average Bonchev–Trinajstić information content (AvgIpc) is 2.41. The number of carbonyl (C=O) groups is 1. The van der Waals surface area contributed by atoms with Gasteiger partial charge in [-0.15, -0.1) is 0 Å². The van der Waals surface area contributed by atoms with Crippen LogP contribution in [0.15, 0.2) is 36.4 Å². The van der Waals surface area contributed by atoms with E-state index in [2.05, 4.69) is 0 Å². The number of benzene rings is 2. The number of rotatable bonds is 3. The number of aryl methyl sites for hydroxylation is 1. The molecule has 0 aliphatic rings. The van der Waals surface area contributed by atoms with Crippen molar-refractivity contribution in [3.63, 3.8) is 0 Å². The molecule has 2 aromatic rings. The second-order valence-corrected chi connectivity index (χ2v) is 4.72. The van der Waals surface area contributed by atoms with Crippen LogP contribution in [0.5, 0.6) is 0 Å². The molecule has 0 spiro atoms. The van der Waals surface area contributed by atoms with Crippen molar-refractivity contribution in [2.75, 3.05) is 5.73 Å². The molecular formula is C15H13ClFNO2. The Kier molecular flexibility index (Phi) is 4.25. The summed E-state index contributed by atoms with van der Waals surface area (Å²) in [6, 6.07) is 9.35. The zero-order chi connectivity index (χ0) is 14.7. The summed E-state index contributed by atoms with van der Waals surface area (Å²) in [6.45, 7) is 1.55. The van der Waals surface area contributed by atoms with Crippen LogP contribution in [0.2, 0.25) is 5.02 Å². The Labute approximate surface area is 121 Å². The lowest BCUT2D eigenvalue weighted by Crippen LogP contribution is -2.10. The highest BCUT2D eigenvalue weighted by molar-refractivity contribution is 6.31. The van der Waals surface area contributed by atoms with Crippen molar-refractivity contribution in [3.05, 3.63) is 63.9 Å². The van der Waals surface area contributed by atoms with Crippen LogP contribution < -0.4 is 5.73 Å². The van der Waals surface area contributed by atoms with Crippen molar-refractivity contribution in [3.8, 4) is 0 Å². The van der Waals surface area contributed by atoms with Crippen molar-refractivity contribution < 1.29 is 13.9 Å². The Balaban J connectivity index is 2.15. The smallest absolute Gasteiger partial charge is 0.340 e. The number of para-hydroxylation sites is 1. The monoisotopic (exact) mass is 293 g/mol. The minimum Gasteiger partial charge on any atom is -0.457 e. The third-order valence-corrected chi connectivity index (χ3v) is 3.31. The fourth-order valence-electron chi connectivity index (χ4n) is 1.74. The Morgan fingerprint density at radius 3 is 2.70 bits per heavy atom. The Morgan fingerprint density at radius 2 is 2.00 bits per heavy atom. The lowest BCUT2D eigenvalue weighted by molar-refractivity contribution is 0.0470. The van der Waals surface area contributed by atoms with Crippen LogP contribution in [0.25, 0.3) is 0 Å². The summed E-state index contributed by atoms with van der Waals surface area (Å²) in [5.74, 6) is -1.12. The third-order valence-electron chi connectivity index (χ3n) is 2.95. The maximum absolute atomic E-state index is 13.5. The van der Waals surface area contributed by atoms with Gasteiger partial charge in [-0.05, 0) is 30.7 Å². The summed E-state index contributed by atoms with van der Waals surface area (Å²) < 4.78 is 18.6. The van der Waals surface area contributed by atoms with E-state index < -0.39 is 11.8 Å². The standard InChI is InChI=1S/C15H13ClFNO2/c1-9-4-2-5-10(14(9)18)15(19)20-8-11-12(16)6-3-7-13(11)17/h2-7H,8,18H2,1H3. The molecule has 2 rings (SSSR count). The van der Waals surface area contributed by atoms with Gasteiger partial charge in [-0.25, -0.2) is 9.18 Å². The van der Waals surface area contributed by atoms with Crippen molar-refractivity contribution in [2.45, 2.75) is 13.5 Å². The number of anilines is 1. The van der Waals surface area contributed by atoms with E-state index in [-0.39, 0.29) is 22.8 Å². The van der Waals surface area contributed by atoms with E-state index in [1.54, 1.807) is 25.1 Å². The zero-order valence-corrected chi connectivity index (χ0v) is 11.6. The highest BCUT2D eigenvalue weighted by Gasteiger charge is 2.14. The normalized spacial score (nSPS) is 10.3. The fourth-order valence-corrected chi connectivity index (χ4v) is 1.96. The molecule has 20 heavy (non-hydrogen) atoms. The van der Waals surface area contributed by atoms with E-state index in [9.17, 15) is 9.18 Å². The average molecular weight is 294 g/mol. The third kappa shape index (κ3) is 2.91. The Hall–Kier alpha value is -2.07. The van der Waals surface area contributed by atoms with Gasteiger partial charge in [0, 0.05) is 11.3 Å². The van der Waals surface area contributed by atoms with Gasteiger partial charge < -0.3 is 10.5 Å². The SMILES string of the molecule is Cc1cccc(C(=O)OCc2c(F)cccc2Cl)c1N. The van der Waals surface area contributed by atoms with Gasteiger partial charge >= 0.3 is 5.97 Å². The molecule has 0 radical (unpaired) electrons. The molecule has 2 aromatic carbocycles. The number of carbonyl (C=O) groups excluding carboxylic acids is 1. The van der Waals surface area contributed by atoms with E-state index in [0.717, 1.165) is 5.56 Å². The molecule has 0 atom stereocenters. The molecule has 2 N–H and O–H groups in total. The van der Waals surface area contributed by atoms with Crippen molar-refractivity contribution in [2.24, 2.45) is 0 Å². The molecule has 0 aromatic heterocycles. The summed E-state index contributed by atoms with van der Waals surface area (Å²) in [5.41, 5.74) is 7.36. The predicted octanol–water partition coefficient (Wildman–Crippen LogP) is 3.73. The summed E-state index contributed by atoms with van der Waals surface area (Å²) >= 11 is 5.86.